The molecule has 0 aliphatic carbocycles. The molecule has 0 aromatic carbocycles. The molecular weight excluding hydrogens is 240 g/mol. The molecule has 0 spiro atoms. The lowest BCUT2D eigenvalue weighted by Gasteiger charge is -2.24. The first-order valence-corrected chi connectivity index (χ1v) is 7.14. The van der Waals surface area contributed by atoms with Crippen molar-refractivity contribution in [2.45, 2.75) is 52.5 Å². The van der Waals surface area contributed by atoms with Crippen LogP contribution in [0.15, 0.2) is 4.42 Å². The van der Waals surface area contributed by atoms with Crippen LogP contribution >= 0.6 is 0 Å². The molecule has 4 heteroatoms. The number of aryl methyl sites for hydroxylation is 2. The fourth-order valence-electron chi connectivity index (χ4n) is 3.01. The number of likely N-dealkylation sites (tertiary alicyclic amines) is 1. The first-order valence-electron chi connectivity index (χ1n) is 7.14. The van der Waals surface area contributed by atoms with E-state index in [4.69, 9.17) is 10.2 Å². The number of rotatable bonds is 4. The van der Waals surface area contributed by atoms with Gasteiger partial charge in [0, 0.05) is 18.2 Å². The van der Waals surface area contributed by atoms with Gasteiger partial charge in [0.1, 0.15) is 11.5 Å². The van der Waals surface area contributed by atoms with E-state index in [1.807, 2.05) is 25.7 Å². The molecule has 19 heavy (non-hydrogen) atoms. The molecule has 1 atom stereocenters. The van der Waals surface area contributed by atoms with Gasteiger partial charge in [0.2, 0.25) is 0 Å². The van der Waals surface area contributed by atoms with Gasteiger partial charge >= 0.3 is 0 Å². The maximum atomic E-state index is 12.7. The number of hydrogen-bond donors (Lipinski definition) is 1. The molecule has 1 unspecified atom stereocenters. The summed E-state index contributed by atoms with van der Waals surface area (Å²) in [6, 6.07) is 0.352. The highest BCUT2D eigenvalue weighted by Crippen LogP contribution is 2.28. The van der Waals surface area contributed by atoms with E-state index in [0.29, 0.717) is 12.6 Å². The summed E-state index contributed by atoms with van der Waals surface area (Å²) in [7, 11) is 0. The van der Waals surface area contributed by atoms with Gasteiger partial charge in [0.25, 0.3) is 5.91 Å². The smallest absolute Gasteiger partial charge is 0.257 e. The standard InChI is InChI=1S/C15H24N2O2/c1-10-11(2)19-12(3)14(10)15(18)17-9-5-7-13(17)6-4-8-16/h13H,4-9,16H2,1-3H3. The van der Waals surface area contributed by atoms with Crippen molar-refractivity contribution in [1.82, 2.24) is 4.90 Å². The number of carbonyl (C=O) groups is 1. The van der Waals surface area contributed by atoms with E-state index in [0.717, 1.165) is 54.9 Å². The van der Waals surface area contributed by atoms with Crippen LogP contribution in [0.1, 0.15) is 53.1 Å². The van der Waals surface area contributed by atoms with E-state index in [-0.39, 0.29) is 5.91 Å². The summed E-state index contributed by atoms with van der Waals surface area (Å²) >= 11 is 0. The maximum Gasteiger partial charge on any atom is 0.257 e. The van der Waals surface area contributed by atoms with Crippen molar-refractivity contribution in [2.75, 3.05) is 13.1 Å². The molecule has 1 fully saturated rings. The molecule has 1 aromatic heterocycles. The molecule has 0 bridgehead atoms. The number of carbonyl (C=O) groups excluding carboxylic acids is 1. The third-order valence-electron chi connectivity index (χ3n) is 4.15. The zero-order chi connectivity index (χ0) is 14.0. The molecule has 1 amide bonds. The van der Waals surface area contributed by atoms with Crippen LogP contribution in [0.2, 0.25) is 0 Å². The summed E-state index contributed by atoms with van der Waals surface area (Å²) in [5.74, 6) is 1.72. The van der Waals surface area contributed by atoms with Gasteiger partial charge in [-0.25, -0.2) is 0 Å². The highest BCUT2D eigenvalue weighted by molar-refractivity contribution is 5.97. The van der Waals surface area contributed by atoms with Crippen LogP contribution in [-0.2, 0) is 0 Å². The molecule has 2 heterocycles. The normalized spacial score (nSPS) is 19.2. The lowest BCUT2D eigenvalue weighted by atomic mass is 10.1. The van der Waals surface area contributed by atoms with Gasteiger partial charge in [-0.1, -0.05) is 0 Å². The van der Waals surface area contributed by atoms with E-state index >= 15 is 0 Å². The molecule has 1 aromatic rings. The van der Waals surface area contributed by atoms with Crippen LogP contribution in [0, 0.1) is 20.8 Å². The summed E-state index contributed by atoms with van der Waals surface area (Å²) in [6.45, 7) is 7.30. The Morgan fingerprint density at radius 3 is 2.68 bits per heavy atom. The van der Waals surface area contributed by atoms with Crippen LogP contribution in [-0.4, -0.2) is 29.9 Å². The van der Waals surface area contributed by atoms with Crippen LogP contribution in [0.5, 0.6) is 0 Å². The molecule has 0 radical (unpaired) electrons. The molecular formula is C15H24N2O2. The molecule has 1 aliphatic rings. The molecule has 4 nitrogen and oxygen atoms in total. The van der Waals surface area contributed by atoms with Crippen molar-refractivity contribution < 1.29 is 9.21 Å². The van der Waals surface area contributed by atoms with Gasteiger partial charge in [-0.05, 0) is 53.0 Å². The van der Waals surface area contributed by atoms with Crippen molar-refractivity contribution in [1.29, 1.82) is 0 Å². The van der Waals surface area contributed by atoms with E-state index in [1.54, 1.807) is 0 Å². The second-order valence-corrected chi connectivity index (χ2v) is 5.44. The molecule has 0 saturated carbocycles. The molecule has 2 N–H and O–H groups in total. The Kier molecular flexibility index (Phi) is 4.30. The quantitative estimate of drug-likeness (QED) is 0.909. The molecule has 1 aliphatic heterocycles. The number of hydrogen-bond acceptors (Lipinski definition) is 3. The van der Waals surface area contributed by atoms with Crippen LogP contribution in [0.25, 0.3) is 0 Å². The van der Waals surface area contributed by atoms with Gasteiger partial charge < -0.3 is 15.1 Å². The summed E-state index contributed by atoms with van der Waals surface area (Å²) in [5, 5.41) is 0. The number of amides is 1. The Hall–Kier alpha value is -1.29. The maximum absolute atomic E-state index is 12.7. The van der Waals surface area contributed by atoms with Crippen molar-refractivity contribution in [3.8, 4) is 0 Å². The average molecular weight is 264 g/mol. The molecule has 106 valence electrons. The number of nitrogens with zero attached hydrogens (tertiary/aromatic N) is 1. The van der Waals surface area contributed by atoms with E-state index in [9.17, 15) is 4.79 Å². The van der Waals surface area contributed by atoms with Crippen LogP contribution < -0.4 is 5.73 Å². The highest BCUT2D eigenvalue weighted by atomic mass is 16.3. The third-order valence-corrected chi connectivity index (χ3v) is 4.15. The van der Waals surface area contributed by atoms with Crippen molar-refractivity contribution >= 4 is 5.91 Å². The number of furan rings is 1. The zero-order valence-corrected chi connectivity index (χ0v) is 12.2. The fraction of sp³-hybridized carbons (Fsp3) is 0.667. The van der Waals surface area contributed by atoms with Gasteiger partial charge in [-0.15, -0.1) is 0 Å². The van der Waals surface area contributed by atoms with Crippen LogP contribution in [0.4, 0.5) is 0 Å². The second-order valence-electron chi connectivity index (χ2n) is 5.44. The predicted molar refractivity (Wildman–Crippen MR) is 75.3 cm³/mol. The summed E-state index contributed by atoms with van der Waals surface area (Å²) in [6.07, 6.45) is 4.19. The summed E-state index contributed by atoms with van der Waals surface area (Å²) in [4.78, 5) is 14.7. The second kappa shape index (κ2) is 5.78. The number of nitrogens with two attached hydrogens (primary N) is 1. The van der Waals surface area contributed by atoms with Gasteiger partial charge in [-0.2, -0.15) is 0 Å². The van der Waals surface area contributed by atoms with E-state index in [1.165, 1.54) is 0 Å². The Bertz CT molecular complexity index is 465. The van der Waals surface area contributed by atoms with Crippen LogP contribution in [0.3, 0.4) is 0 Å². The summed E-state index contributed by atoms with van der Waals surface area (Å²) < 4.78 is 5.57. The van der Waals surface area contributed by atoms with E-state index in [2.05, 4.69) is 0 Å². The zero-order valence-electron chi connectivity index (χ0n) is 12.2. The monoisotopic (exact) mass is 264 g/mol. The lowest BCUT2D eigenvalue weighted by Crippen LogP contribution is -2.36. The first kappa shape index (κ1) is 14.1. The summed E-state index contributed by atoms with van der Waals surface area (Å²) in [5.41, 5.74) is 7.31. The Balaban J connectivity index is 2.18. The third kappa shape index (κ3) is 2.68. The fourth-order valence-corrected chi connectivity index (χ4v) is 3.01. The van der Waals surface area contributed by atoms with Gasteiger partial charge in [0.05, 0.1) is 5.56 Å². The van der Waals surface area contributed by atoms with Gasteiger partial charge in [0.15, 0.2) is 0 Å². The Morgan fingerprint density at radius 1 is 1.37 bits per heavy atom. The van der Waals surface area contributed by atoms with E-state index < -0.39 is 0 Å². The minimum absolute atomic E-state index is 0.131. The first-order chi connectivity index (χ1) is 9.06. The Labute approximate surface area is 114 Å². The lowest BCUT2D eigenvalue weighted by molar-refractivity contribution is 0.0727. The predicted octanol–water partition coefficient (Wildman–Crippen LogP) is 2.55. The molecule has 1 saturated heterocycles. The minimum Gasteiger partial charge on any atom is -0.466 e. The van der Waals surface area contributed by atoms with Crippen molar-refractivity contribution in [2.24, 2.45) is 5.73 Å². The Morgan fingerprint density at radius 2 is 2.11 bits per heavy atom. The SMILES string of the molecule is Cc1oc(C)c(C(=O)N2CCCC2CCCN)c1C. The highest BCUT2D eigenvalue weighted by Gasteiger charge is 2.31. The topological polar surface area (TPSA) is 59.5 Å². The van der Waals surface area contributed by atoms with Crippen molar-refractivity contribution in [3.05, 3.63) is 22.6 Å². The molecule has 2 rings (SSSR count). The minimum atomic E-state index is 0.131. The van der Waals surface area contributed by atoms with Crippen molar-refractivity contribution in [3.63, 3.8) is 0 Å². The largest absolute Gasteiger partial charge is 0.466 e. The average Bonchev–Trinajstić information content (AvgIpc) is 2.92. The van der Waals surface area contributed by atoms with Gasteiger partial charge in [-0.3, -0.25) is 4.79 Å².